The second kappa shape index (κ2) is 5.31. The zero-order chi connectivity index (χ0) is 10.7. The monoisotopic (exact) mass is 211 g/mol. The highest BCUT2D eigenvalue weighted by Crippen LogP contribution is 2.30. The second-order valence-corrected chi connectivity index (χ2v) is 5.50. The van der Waals surface area contributed by atoms with Gasteiger partial charge < -0.3 is 10.5 Å². The van der Waals surface area contributed by atoms with Gasteiger partial charge in [0.1, 0.15) is 0 Å². The van der Waals surface area contributed by atoms with E-state index in [1.54, 1.807) is 0 Å². The van der Waals surface area contributed by atoms with E-state index in [2.05, 4.69) is 6.92 Å². The molecule has 0 spiro atoms. The summed E-state index contributed by atoms with van der Waals surface area (Å²) in [5, 5.41) is 0. The normalized spacial score (nSPS) is 35.6. The van der Waals surface area contributed by atoms with Crippen LogP contribution < -0.4 is 5.73 Å². The molecule has 2 rings (SSSR count). The van der Waals surface area contributed by atoms with Crippen LogP contribution in [-0.2, 0) is 4.74 Å². The largest absolute Gasteiger partial charge is 0.376 e. The molecule has 1 aliphatic carbocycles. The third-order valence-electron chi connectivity index (χ3n) is 4.20. The van der Waals surface area contributed by atoms with Crippen LogP contribution in [-0.4, -0.2) is 18.8 Å². The molecule has 15 heavy (non-hydrogen) atoms. The topological polar surface area (TPSA) is 35.2 Å². The van der Waals surface area contributed by atoms with Crippen LogP contribution in [0.5, 0.6) is 0 Å². The Bertz CT molecular complexity index is 189. The molecule has 1 heterocycles. The Labute approximate surface area is 93.6 Å². The summed E-state index contributed by atoms with van der Waals surface area (Å²) >= 11 is 0. The Hall–Kier alpha value is -0.0800. The van der Waals surface area contributed by atoms with Crippen molar-refractivity contribution in [3.63, 3.8) is 0 Å². The Kier molecular flexibility index (Phi) is 4.04. The zero-order valence-electron chi connectivity index (χ0n) is 9.95. The van der Waals surface area contributed by atoms with E-state index < -0.39 is 0 Å². The minimum atomic E-state index is 0.283. The van der Waals surface area contributed by atoms with Crippen LogP contribution in [0.2, 0.25) is 0 Å². The fourth-order valence-electron chi connectivity index (χ4n) is 3.21. The molecule has 1 saturated heterocycles. The van der Waals surface area contributed by atoms with Crippen LogP contribution in [0.15, 0.2) is 0 Å². The Morgan fingerprint density at radius 2 is 1.93 bits per heavy atom. The molecule has 2 N–H and O–H groups in total. The number of hydrogen-bond acceptors (Lipinski definition) is 2. The maximum atomic E-state index is 6.28. The van der Waals surface area contributed by atoms with Gasteiger partial charge in [-0.25, -0.2) is 0 Å². The van der Waals surface area contributed by atoms with Crippen LogP contribution in [0, 0.1) is 11.8 Å². The van der Waals surface area contributed by atoms with Crippen molar-refractivity contribution in [1.82, 2.24) is 0 Å². The molecule has 3 atom stereocenters. The van der Waals surface area contributed by atoms with Crippen LogP contribution in [0.3, 0.4) is 0 Å². The van der Waals surface area contributed by atoms with Gasteiger partial charge in [-0.3, -0.25) is 0 Å². The molecule has 0 aromatic carbocycles. The maximum absolute atomic E-state index is 6.28. The molecule has 1 saturated carbocycles. The first-order chi connectivity index (χ1) is 7.27. The SMILES string of the molecule is CC1CCOC1C(N)CC1CCCCC1. The fourth-order valence-corrected chi connectivity index (χ4v) is 3.21. The molecule has 2 nitrogen and oxygen atoms in total. The lowest BCUT2D eigenvalue weighted by atomic mass is 9.82. The third-order valence-corrected chi connectivity index (χ3v) is 4.20. The van der Waals surface area contributed by atoms with Crippen molar-refractivity contribution in [2.24, 2.45) is 17.6 Å². The lowest BCUT2D eigenvalue weighted by Crippen LogP contribution is -2.39. The Balaban J connectivity index is 1.77. The minimum absolute atomic E-state index is 0.283. The van der Waals surface area contributed by atoms with Crippen molar-refractivity contribution in [1.29, 1.82) is 0 Å². The minimum Gasteiger partial charge on any atom is -0.376 e. The van der Waals surface area contributed by atoms with Gasteiger partial charge in [-0.1, -0.05) is 39.0 Å². The number of nitrogens with two attached hydrogens (primary N) is 1. The average Bonchev–Trinajstić information content (AvgIpc) is 2.66. The van der Waals surface area contributed by atoms with Gasteiger partial charge in [0.25, 0.3) is 0 Å². The summed E-state index contributed by atoms with van der Waals surface area (Å²) in [4.78, 5) is 0. The van der Waals surface area contributed by atoms with Crippen molar-refractivity contribution in [3.05, 3.63) is 0 Å². The molecule has 0 bridgehead atoms. The van der Waals surface area contributed by atoms with Gasteiger partial charge in [0.2, 0.25) is 0 Å². The van der Waals surface area contributed by atoms with Crippen molar-refractivity contribution >= 4 is 0 Å². The molecule has 0 amide bonds. The smallest absolute Gasteiger partial charge is 0.0752 e. The van der Waals surface area contributed by atoms with Crippen LogP contribution in [0.4, 0.5) is 0 Å². The van der Waals surface area contributed by atoms with Gasteiger partial charge in [0.15, 0.2) is 0 Å². The first-order valence-electron chi connectivity index (χ1n) is 6.64. The summed E-state index contributed by atoms with van der Waals surface area (Å²) in [5.74, 6) is 1.55. The number of ether oxygens (including phenoxy) is 1. The highest BCUT2D eigenvalue weighted by molar-refractivity contribution is 4.84. The summed E-state index contributed by atoms with van der Waals surface area (Å²) in [6, 6.07) is 0.283. The van der Waals surface area contributed by atoms with E-state index in [1.165, 1.54) is 44.9 Å². The summed E-state index contributed by atoms with van der Waals surface area (Å²) in [5.41, 5.74) is 6.28. The van der Waals surface area contributed by atoms with Gasteiger partial charge >= 0.3 is 0 Å². The molecule has 0 radical (unpaired) electrons. The Morgan fingerprint density at radius 3 is 2.53 bits per heavy atom. The standard InChI is InChI=1S/C13H25NO/c1-10-7-8-15-13(10)12(14)9-11-5-3-2-4-6-11/h10-13H,2-9,14H2,1H3. The van der Waals surface area contributed by atoms with Crippen molar-refractivity contribution < 1.29 is 4.74 Å². The average molecular weight is 211 g/mol. The zero-order valence-corrected chi connectivity index (χ0v) is 9.95. The van der Waals surface area contributed by atoms with Gasteiger partial charge in [-0.2, -0.15) is 0 Å². The van der Waals surface area contributed by atoms with Gasteiger partial charge in [0, 0.05) is 12.6 Å². The molecule has 2 fully saturated rings. The molecule has 0 aromatic rings. The van der Waals surface area contributed by atoms with Crippen LogP contribution in [0.1, 0.15) is 51.9 Å². The van der Waals surface area contributed by atoms with Gasteiger partial charge in [0.05, 0.1) is 6.10 Å². The molecule has 88 valence electrons. The first kappa shape index (κ1) is 11.4. The van der Waals surface area contributed by atoms with E-state index in [-0.39, 0.29) is 6.04 Å². The van der Waals surface area contributed by atoms with E-state index in [0.29, 0.717) is 12.0 Å². The lowest BCUT2D eigenvalue weighted by molar-refractivity contribution is 0.0629. The molecule has 1 aliphatic heterocycles. The van der Waals surface area contributed by atoms with Gasteiger partial charge in [-0.05, 0) is 24.7 Å². The molecule has 2 heteroatoms. The van der Waals surface area contributed by atoms with E-state index in [0.717, 1.165) is 12.5 Å². The summed E-state index contributed by atoms with van der Waals surface area (Å²) in [6.45, 7) is 3.20. The molecule has 2 aliphatic rings. The van der Waals surface area contributed by atoms with Crippen LogP contribution in [0.25, 0.3) is 0 Å². The molecule has 0 aromatic heterocycles. The second-order valence-electron chi connectivity index (χ2n) is 5.50. The summed E-state index contributed by atoms with van der Waals surface area (Å²) in [7, 11) is 0. The predicted octanol–water partition coefficient (Wildman–Crippen LogP) is 2.71. The summed E-state index contributed by atoms with van der Waals surface area (Å²) in [6.07, 6.45) is 9.78. The van der Waals surface area contributed by atoms with Crippen molar-refractivity contribution in [3.8, 4) is 0 Å². The lowest BCUT2D eigenvalue weighted by Gasteiger charge is -2.28. The Morgan fingerprint density at radius 1 is 1.20 bits per heavy atom. The van der Waals surface area contributed by atoms with Crippen molar-refractivity contribution in [2.45, 2.75) is 64.0 Å². The summed E-state index contributed by atoms with van der Waals surface area (Å²) < 4.78 is 5.74. The number of hydrogen-bond donors (Lipinski definition) is 1. The quantitative estimate of drug-likeness (QED) is 0.779. The van der Waals surface area contributed by atoms with E-state index in [4.69, 9.17) is 10.5 Å². The fraction of sp³-hybridized carbons (Fsp3) is 1.00. The van der Waals surface area contributed by atoms with E-state index in [1.807, 2.05) is 0 Å². The van der Waals surface area contributed by atoms with Crippen LogP contribution >= 0.6 is 0 Å². The molecule has 3 unspecified atom stereocenters. The highest BCUT2D eigenvalue weighted by Gasteiger charge is 2.31. The predicted molar refractivity (Wildman–Crippen MR) is 62.7 cm³/mol. The van der Waals surface area contributed by atoms with E-state index >= 15 is 0 Å². The maximum Gasteiger partial charge on any atom is 0.0752 e. The van der Waals surface area contributed by atoms with E-state index in [9.17, 15) is 0 Å². The molecular weight excluding hydrogens is 186 g/mol. The van der Waals surface area contributed by atoms with Gasteiger partial charge in [-0.15, -0.1) is 0 Å². The molecular formula is C13H25NO. The number of rotatable bonds is 3. The third kappa shape index (κ3) is 2.94. The first-order valence-corrected chi connectivity index (χ1v) is 6.64. The van der Waals surface area contributed by atoms with Crippen molar-refractivity contribution in [2.75, 3.05) is 6.61 Å². The highest BCUT2D eigenvalue weighted by atomic mass is 16.5.